The lowest BCUT2D eigenvalue weighted by molar-refractivity contribution is -0.304. The molecule has 0 aliphatic heterocycles. The first kappa shape index (κ1) is 9.35. The van der Waals surface area contributed by atoms with Crippen LogP contribution >= 0.6 is 0 Å². The molecule has 0 aromatic rings. The average Bonchev–Trinajstić information content (AvgIpc) is 1.86. The van der Waals surface area contributed by atoms with E-state index in [1.807, 2.05) is 0 Å². The zero-order valence-electron chi connectivity index (χ0n) is 5.40. The molecule has 0 aromatic heterocycles. The summed E-state index contributed by atoms with van der Waals surface area (Å²) in [5.41, 5.74) is 0. The van der Waals surface area contributed by atoms with Gasteiger partial charge in [0.05, 0.1) is 0 Å². The molecule has 0 rings (SSSR count). The van der Waals surface area contributed by atoms with Crippen molar-refractivity contribution < 1.29 is 24.6 Å². The van der Waals surface area contributed by atoms with Crippen LogP contribution in [0.4, 0.5) is 0 Å². The smallest absolute Gasteiger partial charge is 0.200 e. The van der Waals surface area contributed by atoms with Crippen LogP contribution in [-0.2, 0) is 14.4 Å². The van der Waals surface area contributed by atoms with Crippen LogP contribution in [0, 0.1) is 0 Å². The first-order chi connectivity index (χ1) is 5.04. The predicted octanol–water partition coefficient (Wildman–Crippen LogP) is -3.00. The second-order valence-electron chi connectivity index (χ2n) is 1.63. The van der Waals surface area contributed by atoms with E-state index in [1.165, 1.54) is 0 Å². The van der Waals surface area contributed by atoms with Crippen LogP contribution in [0.15, 0.2) is 12.2 Å². The molecule has 11 heavy (non-hydrogen) atoms. The van der Waals surface area contributed by atoms with Crippen molar-refractivity contribution in [2.45, 2.75) is 6.42 Å². The molecular weight excluding hydrogens is 152 g/mol. The predicted molar refractivity (Wildman–Crippen MR) is 28.8 cm³/mol. The zero-order valence-corrected chi connectivity index (χ0v) is 5.40. The Morgan fingerprint density at radius 3 is 2.09 bits per heavy atom. The molecule has 5 heteroatoms. The van der Waals surface area contributed by atoms with Crippen LogP contribution < -0.4 is 10.2 Å². The van der Waals surface area contributed by atoms with Crippen molar-refractivity contribution in [2.24, 2.45) is 0 Å². The van der Waals surface area contributed by atoms with Gasteiger partial charge in [-0.25, -0.2) is 0 Å². The SMILES string of the molecule is O=C([O-])C/C=C/C(=O)C(=O)[O-]. The minimum absolute atomic E-state index is 0.487. The molecule has 0 heterocycles. The van der Waals surface area contributed by atoms with E-state index in [0.29, 0.717) is 6.08 Å². The van der Waals surface area contributed by atoms with Gasteiger partial charge in [-0.1, -0.05) is 6.08 Å². The van der Waals surface area contributed by atoms with Gasteiger partial charge in [-0.3, -0.25) is 4.79 Å². The molecule has 0 saturated carbocycles. The van der Waals surface area contributed by atoms with Crippen LogP contribution in [0.5, 0.6) is 0 Å². The van der Waals surface area contributed by atoms with E-state index < -0.39 is 24.1 Å². The second-order valence-corrected chi connectivity index (χ2v) is 1.63. The molecule has 0 bridgehead atoms. The molecule has 0 saturated heterocycles. The number of aliphatic carboxylic acids is 2. The summed E-state index contributed by atoms with van der Waals surface area (Å²) in [6.45, 7) is 0. The lowest BCUT2D eigenvalue weighted by Crippen LogP contribution is -2.30. The summed E-state index contributed by atoms with van der Waals surface area (Å²) in [4.78, 5) is 29.6. The number of carboxylic acids is 2. The maximum Gasteiger partial charge on any atom is 0.200 e. The van der Waals surface area contributed by atoms with E-state index in [-0.39, 0.29) is 0 Å². The van der Waals surface area contributed by atoms with Crippen molar-refractivity contribution in [2.75, 3.05) is 0 Å². The van der Waals surface area contributed by atoms with Crippen molar-refractivity contribution in [3.8, 4) is 0 Å². The fourth-order valence-corrected chi connectivity index (χ4v) is 0.330. The van der Waals surface area contributed by atoms with Crippen molar-refractivity contribution in [1.82, 2.24) is 0 Å². The van der Waals surface area contributed by atoms with Gasteiger partial charge in [0.25, 0.3) is 0 Å². The number of carbonyl (C=O) groups excluding carboxylic acids is 3. The molecule has 0 atom stereocenters. The third kappa shape index (κ3) is 4.83. The van der Waals surface area contributed by atoms with Gasteiger partial charge in [-0.05, 0) is 6.08 Å². The summed E-state index contributed by atoms with van der Waals surface area (Å²) in [7, 11) is 0. The van der Waals surface area contributed by atoms with Gasteiger partial charge in [-0.15, -0.1) is 0 Å². The highest BCUT2D eigenvalue weighted by Gasteiger charge is 1.93. The molecule has 0 aromatic carbocycles. The molecule has 60 valence electrons. The van der Waals surface area contributed by atoms with Crippen molar-refractivity contribution in [1.29, 1.82) is 0 Å². The molecule has 0 N–H and O–H groups in total. The third-order valence-electron chi connectivity index (χ3n) is 0.755. The standard InChI is InChI=1S/C6H6O5/c7-4(6(10)11)2-1-3-5(8)9/h1-2H,3H2,(H,8,9)(H,10,11)/p-2/b2-1+. The molecule has 0 radical (unpaired) electrons. The lowest BCUT2D eigenvalue weighted by atomic mass is 10.3. The topological polar surface area (TPSA) is 97.3 Å². The molecule has 0 unspecified atom stereocenters. The van der Waals surface area contributed by atoms with E-state index >= 15 is 0 Å². The van der Waals surface area contributed by atoms with Gasteiger partial charge in [0, 0.05) is 12.4 Å². The molecule has 0 spiro atoms. The Balaban J connectivity index is 3.84. The number of hydrogen-bond acceptors (Lipinski definition) is 5. The Kier molecular flexibility index (Phi) is 3.58. The van der Waals surface area contributed by atoms with E-state index in [4.69, 9.17) is 0 Å². The van der Waals surface area contributed by atoms with Crippen LogP contribution in [0.25, 0.3) is 0 Å². The Bertz CT molecular complexity index is 215. The summed E-state index contributed by atoms with van der Waals surface area (Å²) in [5.74, 6) is -4.50. The Morgan fingerprint density at radius 1 is 1.18 bits per heavy atom. The van der Waals surface area contributed by atoms with Gasteiger partial charge < -0.3 is 19.8 Å². The maximum atomic E-state index is 10.2. The van der Waals surface area contributed by atoms with E-state index in [0.717, 1.165) is 6.08 Å². The van der Waals surface area contributed by atoms with Gasteiger partial charge in [-0.2, -0.15) is 0 Å². The summed E-state index contributed by atoms with van der Waals surface area (Å²) >= 11 is 0. The minimum atomic E-state index is -1.86. The van der Waals surface area contributed by atoms with Crippen molar-refractivity contribution in [3.05, 3.63) is 12.2 Å². The lowest BCUT2D eigenvalue weighted by Gasteiger charge is -1.94. The van der Waals surface area contributed by atoms with Crippen LogP contribution in [0.2, 0.25) is 0 Å². The summed E-state index contributed by atoms with van der Waals surface area (Å²) in [6.07, 6.45) is 1.01. The van der Waals surface area contributed by atoms with E-state index in [2.05, 4.69) is 0 Å². The third-order valence-corrected chi connectivity index (χ3v) is 0.755. The highest BCUT2D eigenvalue weighted by atomic mass is 16.4. The number of carboxylic acid groups (broad SMARTS) is 2. The molecule has 0 fully saturated rings. The van der Waals surface area contributed by atoms with Crippen molar-refractivity contribution in [3.63, 3.8) is 0 Å². The quantitative estimate of drug-likeness (QED) is 0.319. The molecular formula is C6H4O5-2. The first-order valence-electron chi connectivity index (χ1n) is 2.65. The van der Waals surface area contributed by atoms with Gasteiger partial charge in [0.2, 0.25) is 5.78 Å². The molecule has 0 aliphatic rings. The maximum absolute atomic E-state index is 10.2. The largest absolute Gasteiger partial charge is 0.550 e. The first-order valence-corrected chi connectivity index (χ1v) is 2.65. The number of ketones is 1. The average molecular weight is 156 g/mol. The fourth-order valence-electron chi connectivity index (χ4n) is 0.330. The number of hydrogen-bond donors (Lipinski definition) is 0. The molecule has 5 nitrogen and oxygen atoms in total. The van der Waals surface area contributed by atoms with Gasteiger partial charge >= 0.3 is 0 Å². The molecule has 0 amide bonds. The Hall–Kier alpha value is -1.65. The molecule has 0 aliphatic carbocycles. The van der Waals surface area contributed by atoms with E-state index in [1.54, 1.807) is 0 Å². The highest BCUT2D eigenvalue weighted by molar-refractivity contribution is 6.36. The Morgan fingerprint density at radius 2 is 1.73 bits per heavy atom. The van der Waals surface area contributed by atoms with Crippen molar-refractivity contribution >= 4 is 17.7 Å². The number of carbonyl (C=O) groups is 3. The monoisotopic (exact) mass is 156 g/mol. The van der Waals surface area contributed by atoms with Crippen LogP contribution in [0.3, 0.4) is 0 Å². The normalized spacial score (nSPS) is 9.82. The fraction of sp³-hybridized carbons (Fsp3) is 0.167. The zero-order chi connectivity index (χ0) is 8.85. The summed E-state index contributed by atoms with van der Waals surface area (Å²) in [6, 6.07) is 0. The Labute approximate surface area is 61.9 Å². The summed E-state index contributed by atoms with van der Waals surface area (Å²) in [5, 5.41) is 19.4. The second kappa shape index (κ2) is 4.21. The highest BCUT2D eigenvalue weighted by Crippen LogP contribution is 1.81. The summed E-state index contributed by atoms with van der Waals surface area (Å²) < 4.78 is 0. The van der Waals surface area contributed by atoms with Gasteiger partial charge in [0.1, 0.15) is 5.97 Å². The number of rotatable bonds is 4. The van der Waals surface area contributed by atoms with Crippen LogP contribution in [-0.4, -0.2) is 17.7 Å². The van der Waals surface area contributed by atoms with Crippen LogP contribution in [0.1, 0.15) is 6.42 Å². The minimum Gasteiger partial charge on any atom is -0.550 e. The van der Waals surface area contributed by atoms with Gasteiger partial charge in [0.15, 0.2) is 0 Å². The van der Waals surface area contributed by atoms with E-state index in [9.17, 15) is 24.6 Å².